The van der Waals surface area contributed by atoms with Crippen molar-refractivity contribution in [1.29, 1.82) is 0 Å². The van der Waals surface area contributed by atoms with Crippen LogP contribution in [0, 0.1) is 11.7 Å². The Morgan fingerprint density at radius 1 is 1.62 bits per heavy atom. The van der Waals surface area contributed by atoms with Crippen LogP contribution in [0.5, 0.6) is 0 Å². The predicted octanol–water partition coefficient (Wildman–Crippen LogP) is 1.97. The number of hydrogen-bond donors (Lipinski definition) is 2. The molecule has 0 saturated carbocycles. The Bertz CT molecular complexity index is 536. The molecule has 4 nitrogen and oxygen atoms in total. The van der Waals surface area contributed by atoms with E-state index in [-0.39, 0.29) is 5.52 Å². The lowest BCUT2D eigenvalue weighted by atomic mass is 10.0. The number of nitrogens with zero attached hydrogens (tertiary/aromatic N) is 1. The van der Waals surface area contributed by atoms with E-state index in [9.17, 15) is 9.18 Å². The molecular weight excluding hydrogens is 211 g/mol. The number of para-hydroxylation sites is 1. The molecule has 84 valence electrons. The molecule has 1 heterocycles. The molecule has 1 aromatic carbocycles. The van der Waals surface area contributed by atoms with Gasteiger partial charge in [-0.25, -0.2) is 4.39 Å². The van der Waals surface area contributed by atoms with Crippen LogP contribution >= 0.6 is 0 Å². The number of nitrogens with one attached hydrogen (secondary N) is 1. The van der Waals surface area contributed by atoms with Gasteiger partial charge >= 0.3 is 5.97 Å². The Morgan fingerprint density at radius 3 is 3.06 bits per heavy atom. The molecule has 2 rings (SSSR count). The van der Waals surface area contributed by atoms with Crippen molar-refractivity contribution in [2.24, 2.45) is 5.92 Å². The standard InChI is InChI=1S/C11H11FN2O2/c1-6(11(15)16)5-9-7-3-2-4-8(12)10(7)14-13-9/h2-4,6H,5H2,1H3,(H,13,14)(H,15,16). The van der Waals surface area contributed by atoms with Gasteiger partial charge in [-0.3, -0.25) is 9.89 Å². The zero-order valence-electron chi connectivity index (χ0n) is 8.70. The monoisotopic (exact) mass is 222 g/mol. The third-order valence-electron chi connectivity index (χ3n) is 2.55. The van der Waals surface area contributed by atoms with Crippen LogP contribution in [0.4, 0.5) is 4.39 Å². The predicted molar refractivity (Wildman–Crippen MR) is 56.6 cm³/mol. The molecule has 1 atom stereocenters. The summed E-state index contributed by atoms with van der Waals surface area (Å²) in [7, 11) is 0. The summed E-state index contributed by atoms with van der Waals surface area (Å²) in [6, 6.07) is 4.64. The number of H-pyrrole nitrogens is 1. The quantitative estimate of drug-likeness (QED) is 0.834. The topological polar surface area (TPSA) is 66.0 Å². The minimum Gasteiger partial charge on any atom is -0.481 e. The van der Waals surface area contributed by atoms with Gasteiger partial charge in [0.1, 0.15) is 5.52 Å². The van der Waals surface area contributed by atoms with Gasteiger partial charge < -0.3 is 5.11 Å². The average Bonchev–Trinajstić information content (AvgIpc) is 2.63. The van der Waals surface area contributed by atoms with Gasteiger partial charge in [0, 0.05) is 17.5 Å². The van der Waals surface area contributed by atoms with Crippen molar-refractivity contribution in [1.82, 2.24) is 10.2 Å². The second-order valence-electron chi connectivity index (χ2n) is 3.78. The summed E-state index contributed by atoms with van der Waals surface area (Å²) in [5.41, 5.74) is 0.916. The number of carboxylic acids is 1. The van der Waals surface area contributed by atoms with Crippen LogP contribution in [0.3, 0.4) is 0 Å². The summed E-state index contributed by atoms with van der Waals surface area (Å²) in [6.45, 7) is 1.61. The highest BCUT2D eigenvalue weighted by Gasteiger charge is 2.16. The molecular formula is C11H11FN2O2. The van der Waals surface area contributed by atoms with Gasteiger partial charge in [-0.1, -0.05) is 19.1 Å². The number of carboxylic acid groups (broad SMARTS) is 1. The molecule has 5 heteroatoms. The summed E-state index contributed by atoms with van der Waals surface area (Å²) in [5, 5.41) is 16.0. The Balaban J connectivity index is 2.39. The van der Waals surface area contributed by atoms with Crippen LogP contribution in [0.1, 0.15) is 12.6 Å². The van der Waals surface area contributed by atoms with Gasteiger partial charge in [-0.05, 0) is 6.07 Å². The first-order valence-corrected chi connectivity index (χ1v) is 4.94. The first kappa shape index (κ1) is 10.6. The van der Waals surface area contributed by atoms with E-state index >= 15 is 0 Å². The minimum absolute atomic E-state index is 0.259. The van der Waals surface area contributed by atoms with E-state index in [4.69, 9.17) is 5.11 Å². The molecule has 0 fully saturated rings. The maximum Gasteiger partial charge on any atom is 0.306 e. The highest BCUT2D eigenvalue weighted by molar-refractivity contribution is 5.82. The van der Waals surface area contributed by atoms with E-state index < -0.39 is 17.7 Å². The van der Waals surface area contributed by atoms with Gasteiger partial charge in [0.2, 0.25) is 0 Å². The molecule has 0 bridgehead atoms. The van der Waals surface area contributed by atoms with Crippen molar-refractivity contribution >= 4 is 16.9 Å². The van der Waals surface area contributed by atoms with Crippen molar-refractivity contribution in [3.8, 4) is 0 Å². The number of benzene rings is 1. The summed E-state index contributed by atoms with van der Waals surface area (Å²) < 4.78 is 13.3. The van der Waals surface area contributed by atoms with Gasteiger partial charge in [-0.2, -0.15) is 5.10 Å². The van der Waals surface area contributed by atoms with Crippen LogP contribution in [0.15, 0.2) is 18.2 Å². The number of fused-ring (bicyclic) bond motifs is 1. The molecule has 0 saturated heterocycles. The van der Waals surface area contributed by atoms with E-state index in [0.717, 1.165) is 0 Å². The molecule has 0 aliphatic carbocycles. The second kappa shape index (κ2) is 3.92. The number of hydrogen-bond acceptors (Lipinski definition) is 2. The zero-order valence-corrected chi connectivity index (χ0v) is 8.70. The van der Waals surface area contributed by atoms with Crippen LogP contribution < -0.4 is 0 Å². The van der Waals surface area contributed by atoms with Crippen molar-refractivity contribution < 1.29 is 14.3 Å². The van der Waals surface area contributed by atoms with Gasteiger partial charge in [0.25, 0.3) is 0 Å². The van der Waals surface area contributed by atoms with E-state index in [1.54, 1.807) is 19.1 Å². The molecule has 16 heavy (non-hydrogen) atoms. The average molecular weight is 222 g/mol. The van der Waals surface area contributed by atoms with Crippen LogP contribution in [0.2, 0.25) is 0 Å². The van der Waals surface area contributed by atoms with Crippen molar-refractivity contribution in [2.45, 2.75) is 13.3 Å². The highest BCUT2D eigenvalue weighted by Crippen LogP contribution is 2.20. The van der Waals surface area contributed by atoms with Crippen LogP contribution in [-0.2, 0) is 11.2 Å². The third-order valence-corrected chi connectivity index (χ3v) is 2.55. The summed E-state index contributed by atoms with van der Waals surface area (Å²) in [4.78, 5) is 10.7. The largest absolute Gasteiger partial charge is 0.481 e. The third kappa shape index (κ3) is 1.76. The lowest BCUT2D eigenvalue weighted by Crippen LogP contribution is -2.12. The molecule has 0 amide bonds. The van der Waals surface area contributed by atoms with E-state index in [0.29, 0.717) is 17.5 Å². The zero-order chi connectivity index (χ0) is 11.7. The Kier molecular flexibility index (Phi) is 2.60. The smallest absolute Gasteiger partial charge is 0.306 e. The molecule has 2 N–H and O–H groups in total. The van der Waals surface area contributed by atoms with Crippen molar-refractivity contribution in [2.75, 3.05) is 0 Å². The molecule has 0 aliphatic rings. The Morgan fingerprint density at radius 2 is 2.38 bits per heavy atom. The normalized spacial score (nSPS) is 12.9. The molecule has 0 radical (unpaired) electrons. The number of aromatic amines is 1. The number of halogens is 1. The van der Waals surface area contributed by atoms with Gasteiger partial charge in [-0.15, -0.1) is 0 Å². The second-order valence-corrected chi connectivity index (χ2v) is 3.78. The van der Waals surface area contributed by atoms with E-state index in [1.165, 1.54) is 6.07 Å². The molecule has 1 aromatic heterocycles. The number of aromatic nitrogens is 2. The first-order valence-electron chi connectivity index (χ1n) is 4.94. The summed E-state index contributed by atoms with van der Waals surface area (Å²) >= 11 is 0. The molecule has 0 aliphatic heterocycles. The summed E-state index contributed by atoms with van der Waals surface area (Å²) in [6.07, 6.45) is 0.315. The molecule has 1 unspecified atom stereocenters. The number of aliphatic carboxylic acids is 1. The molecule has 0 spiro atoms. The number of carbonyl (C=O) groups is 1. The fraction of sp³-hybridized carbons (Fsp3) is 0.273. The molecule has 2 aromatic rings. The summed E-state index contributed by atoms with van der Waals surface area (Å²) in [5.74, 6) is -1.80. The SMILES string of the molecule is CC(Cc1[nH]nc2c(F)cccc12)C(=O)O. The van der Waals surface area contributed by atoms with Crippen LogP contribution in [0.25, 0.3) is 10.9 Å². The van der Waals surface area contributed by atoms with Crippen molar-refractivity contribution in [3.63, 3.8) is 0 Å². The minimum atomic E-state index is -0.876. The van der Waals surface area contributed by atoms with Gasteiger partial charge in [0.05, 0.1) is 5.92 Å². The van der Waals surface area contributed by atoms with Gasteiger partial charge in [0.15, 0.2) is 5.82 Å². The highest BCUT2D eigenvalue weighted by atomic mass is 19.1. The van der Waals surface area contributed by atoms with E-state index in [2.05, 4.69) is 10.2 Å². The maximum atomic E-state index is 13.3. The lowest BCUT2D eigenvalue weighted by Gasteiger charge is -2.03. The van der Waals surface area contributed by atoms with E-state index in [1.807, 2.05) is 0 Å². The number of rotatable bonds is 3. The maximum absolute atomic E-state index is 13.3. The lowest BCUT2D eigenvalue weighted by molar-refractivity contribution is -0.141. The Labute approximate surface area is 91.1 Å². The fourth-order valence-electron chi connectivity index (χ4n) is 1.61. The Hall–Kier alpha value is -1.91. The van der Waals surface area contributed by atoms with Crippen molar-refractivity contribution in [3.05, 3.63) is 29.7 Å². The van der Waals surface area contributed by atoms with Crippen LogP contribution in [-0.4, -0.2) is 21.3 Å². The fourth-order valence-corrected chi connectivity index (χ4v) is 1.61. The first-order chi connectivity index (χ1) is 7.59.